The molecule has 0 aromatic heterocycles. The van der Waals surface area contributed by atoms with Crippen LogP contribution in [0.5, 0.6) is 0 Å². The highest BCUT2D eigenvalue weighted by Crippen LogP contribution is 2.75. The number of allylic oxidation sites excluding steroid dienone is 4. The molecule has 0 bridgehead atoms. The molecule has 7 nitrogen and oxygen atoms in total. The Labute approximate surface area is 313 Å². The van der Waals surface area contributed by atoms with Gasteiger partial charge in [-0.3, -0.25) is 4.79 Å². The smallest absolute Gasteiger partial charge is 0.334 e. The molecule has 0 aromatic carbocycles. The second-order valence-corrected chi connectivity index (χ2v) is 21.1. The van der Waals surface area contributed by atoms with Gasteiger partial charge in [0.15, 0.2) is 0 Å². The first-order valence-corrected chi connectivity index (χ1v) is 20.6. The van der Waals surface area contributed by atoms with Crippen LogP contribution in [0, 0.1) is 56.2 Å². The van der Waals surface area contributed by atoms with E-state index in [2.05, 4.69) is 81.0 Å². The number of aliphatic carboxylic acids is 1. The number of ether oxygens (including phenoxy) is 2. The average molecular weight is 721 g/mol. The van der Waals surface area contributed by atoms with Gasteiger partial charge in [-0.15, -0.1) is 0 Å². The van der Waals surface area contributed by atoms with Crippen molar-refractivity contribution in [1.82, 2.24) is 0 Å². The molecular formula is C45H68O7. The zero-order valence-electron chi connectivity index (χ0n) is 33.6. The average Bonchev–Trinajstić information content (AvgIpc) is 3.63. The van der Waals surface area contributed by atoms with E-state index in [1.165, 1.54) is 11.1 Å². The maximum Gasteiger partial charge on any atom is 0.334 e. The lowest BCUT2D eigenvalue weighted by Gasteiger charge is -2.71. The van der Waals surface area contributed by atoms with E-state index in [1.54, 1.807) is 0 Å². The van der Waals surface area contributed by atoms with Crippen molar-refractivity contribution in [1.29, 1.82) is 0 Å². The molecule has 2 heterocycles. The zero-order valence-corrected chi connectivity index (χ0v) is 33.6. The maximum absolute atomic E-state index is 12.8. The summed E-state index contributed by atoms with van der Waals surface area (Å²) in [6.45, 7) is 24.6. The molecule has 52 heavy (non-hydrogen) atoms. The van der Waals surface area contributed by atoms with Crippen molar-refractivity contribution >= 4 is 11.9 Å². The second-order valence-electron chi connectivity index (χ2n) is 21.1. The Bertz CT molecular complexity index is 1570. The van der Waals surface area contributed by atoms with Gasteiger partial charge in [-0.05, 0) is 142 Å². The fourth-order valence-electron chi connectivity index (χ4n) is 13.9. The quantitative estimate of drug-likeness (QED) is 0.107. The third kappa shape index (κ3) is 5.42. The van der Waals surface area contributed by atoms with Crippen LogP contribution in [0.25, 0.3) is 0 Å². The monoisotopic (exact) mass is 720 g/mol. The molecule has 290 valence electrons. The first-order valence-electron chi connectivity index (χ1n) is 20.6. The lowest BCUT2D eigenvalue weighted by molar-refractivity contribution is -0.218. The number of esters is 1. The third-order valence-electron chi connectivity index (χ3n) is 17.6. The number of rotatable bonds is 1. The zero-order chi connectivity index (χ0) is 38.0. The molecule has 13 unspecified atom stereocenters. The van der Waals surface area contributed by atoms with Crippen LogP contribution in [0.3, 0.4) is 0 Å². The molecule has 0 spiro atoms. The summed E-state index contributed by atoms with van der Waals surface area (Å²) in [7, 11) is 0. The summed E-state index contributed by atoms with van der Waals surface area (Å²) in [5, 5.41) is 33.1. The minimum Gasteiger partial charge on any atom is -0.481 e. The Morgan fingerprint density at radius 2 is 1.58 bits per heavy atom. The second kappa shape index (κ2) is 12.3. The predicted molar refractivity (Wildman–Crippen MR) is 202 cm³/mol. The SMILES string of the molecule is C=C1C(=O)OC2C1CCC(C)=CCCC1(C)OC21.CC1(C)CCC2(C(=O)O)C(O)CC3(C)C(=CCC4C5(C)CCC(O)C(C)(C)C5CCC43C)C2C1. The number of hydrogen-bond acceptors (Lipinski definition) is 6. The standard InChI is InChI=1S/C30H48O4.C15H20O3/c1-25(2)14-15-30(24(33)34)19(16-25)18-8-9-21-27(5)12-11-22(31)26(3,4)20(27)10-13-28(21,6)29(18,7)17-23(30)32;1-9-5-4-8-15(3)13(18-15)12-11(7-6-9)10(2)14(16)17-12/h8,19-23,31-32H,9-17H2,1-7H3,(H,33,34);5,11-13H,2,4,6-8H2,1,3H3. The molecule has 2 aliphatic heterocycles. The predicted octanol–water partition coefficient (Wildman–Crippen LogP) is 8.97. The van der Waals surface area contributed by atoms with Gasteiger partial charge in [-0.1, -0.05) is 78.3 Å². The Kier molecular flexibility index (Phi) is 9.04. The summed E-state index contributed by atoms with van der Waals surface area (Å²) in [4.78, 5) is 24.5. The van der Waals surface area contributed by atoms with Gasteiger partial charge in [0.25, 0.3) is 0 Å². The van der Waals surface area contributed by atoms with Crippen LogP contribution in [-0.4, -0.2) is 57.3 Å². The normalized spacial score (nSPS) is 50.1. The summed E-state index contributed by atoms with van der Waals surface area (Å²) in [6.07, 6.45) is 15.6. The van der Waals surface area contributed by atoms with E-state index in [1.807, 2.05) is 0 Å². The van der Waals surface area contributed by atoms with Crippen LogP contribution in [0.15, 0.2) is 35.5 Å². The third-order valence-corrected chi connectivity index (χ3v) is 17.6. The molecule has 6 aliphatic carbocycles. The number of carbonyl (C=O) groups is 2. The van der Waals surface area contributed by atoms with Crippen LogP contribution < -0.4 is 0 Å². The number of carbonyl (C=O) groups excluding carboxylic acids is 1. The number of fused-ring (bicyclic) bond motifs is 10. The fraction of sp³-hybridized carbons (Fsp3) is 0.822. The van der Waals surface area contributed by atoms with E-state index < -0.39 is 17.5 Å². The van der Waals surface area contributed by atoms with Gasteiger partial charge >= 0.3 is 11.9 Å². The van der Waals surface area contributed by atoms with Crippen molar-refractivity contribution in [3.8, 4) is 0 Å². The molecule has 2 saturated heterocycles. The van der Waals surface area contributed by atoms with Gasteiger partial charge in [0.2, 0.25) is 0 Å². The highest BCUT2D eigenvalue weighted by atomic mass is 16.6. The molecule has 3 N–H and O–H groups in total. The molecule has 7 heteroatoms. The van der Waals surface area contributed by atoms with Crippen molar-refractivity contribution in [3.05, 3.63) is 35.5 Å². The number of hydrogen-bond donors (Lipinski definition) is 3. The van der Waals surface area contributed by atoms with Gasteiger partial charge in [0.05, 0.1) is 17.8 Å². The van der Waals surface area contributed by atoms with Gasteiger partial charge in [0, 0.05) is 11.5 Å². The van der Waals surface area contributed by atoms with Gasteiger partial charge in [-0.25, -0.2) is 4.79 Å². The molecule has 4 saturated carbocycles. The fourth-order valence-corrected chi connectivity index (χ4v) is 13.9. The summed E-state index contributed by atoms with van der Waals surface area (Å²) in [5.74, 6) is -0.0136. The molecule has 0 aromatic rings. The molecule has 8 rings (SSSR count). The highest BCUT2D eigenvalue weighted by Gasteiger charge is 2.71. The van der Waals surface area contributed by atoms with Crippen molar-refractivity contribution in [2.24, 2.45) is 56.2 Å². The van der Waals surface area contributed by atoms with Crippen LogP contribution in [0.1, 0.15) is 146 Å². The van der Waals surface area contributed by atoms with Gasteiger partial charge < -0.3 is 24.8 Å². The Morgan fingerprint density at radius 3 is 2.27 bits per heavy atom. The Hall–Kier alpha value is -1.96. The van der Waals surface area contributed by atoms with E-state index in [-0.39, 0.29) is 68.8 Å². The van der Waals surface area contributed by atoms with Crippen LogP contribution in [0.2, 0.25) is 0 Å². The molecular weight excluding hydrogens is 652 g/mol. The minimum absolute atomic E-state index is 0.0218. The van der Waals surface area contributed by atoms with Crippen molar-refractivity contribution in [2.75, 3.05) is 0 Å². The van der Waals surface area contributed by atoms with Crippen LogP contribution in [-0.2, 0) is 19.1 Å². The number of carboxylic acids is 1. The largest absolute Gasteiger partial charge is 0.481 e. The number of aliphatic hydroxyl groups excluding tert-OH is 2. The van der Waals surface area contributed by atoms with Gasteiger partial charge in [0.1, 0.15) is 17.6 Å². The van der Waals surface area contributed by atoms with E-state index in [9.17, 15) is 24.9 Å². The Morgan fingerprint density at radius 1 is 0.865 bits per heavy atom. The Balaban J connectivity index is 0.000000196. The van der Waals surface area contributed by atoms with E-state index in [0.717, 1.165) is 70.6 Å². The number of epoxide rings is 1. The van der Waals surface area contributed by atoms with E-state index >= 15 is 0 Å². The maximum atomic E-state index is 12.8. The molecule has 6 fully saturated rings. The summed E-state index contributed by atoms with van der Waals surface area (Å²) < 4.78 is 11.3. The van der Waals surface area contributed by atoms with Crippen molar-refractivity contribution < 1.29 is 34.4 Å². The van der Waals surface area contributed by atoms with Crippen molar-refractivity contribution in [2.45, 2.75) is 176 Å². The number of carboxylic acid groups (broad SMARTS) is 1. The lowest BCUT2D eigenvalue weighted by Crippen LogP contribution is -2.67. The summed E-state index contributed by atoms with van der Waals surface area (Å²) in [6, 6.07) is 0. The van der Waals surface area contributed by atoms with Crippen molar-refractivity contribution in [3.63, 3.8) is 0 Å². The van der Waals surface area contributed by atoms with Crippen LogP contribution in [0.4, 0.5) is 0 Å². The van der Waals surface area contributed by atoms with Gasteiger partial charge in [-0.2, -0.15) is 0 Å². The first-order chi connectivity index (χ1) is 24.1. The number of aliphatic hydroxyl groups is 2. The van der Waals surface area contributed by atoms with Crippen LogP contribution >= 0.6 is 0 Å². The first kappa shape index (κ1) is 38.3. The molecule has 13 atom stereocenters. The minimum atomic E-state index is -1.04. The summed E-state index contributed by atoms with van der Waals surface area (Å²) in [5.41, 5.74) is 2.21. The lowest BCUT2D eigenvalue weighted by atomic mass is 9.33. The summed E-state index contributed by atoms with van der Waals surface area (Å²) >= 11 is 0. The van der Waals surface area contributed by atoms with E-state index in [4.69, 9.17) is 9.47 Å². The van der Waals surface area contributed by atoms with E-state index in [0.29, 0.717) is 30.3 Å². The topological polar surface area (TPSA) is 117 Å². The highest BCUT2D eigenvalue weighted by molar-refractivity contribution is 5.91. The molecule has 8 aliphatic rings. The molecule has 0 amide bonds. The molecule has 0 radical (unpaired) electrons.